The number of pyridine rings is 1. The summed E-state index contributed by atoms with van der Waals surface area (Å²) in [5, 5.41) is 6.98. The van der Waals surface area contributed by atoms with Crippen LogP contribution in [0, 0.1) is 11.8 Å². The van der Waals surface area contributed by atoms with Crippen LogP contribution in [-0.4, -0.2) is 52.7 Å². The van der Waals surface area contributed by atoms with Gasteiger partial charge in [-0.25, -0.2) is 4.98 Å². The van der Waals surface area contributed by atoms with Gasteiger partial charge in [0.05, 0.1) is 17.6 Å². The minimum Gasteiger partial charge on any atom is -0.325 e. The van der Waals surface area contributed by atoms with Gasteiger partial charge in [-0.3, -0.25) is 4.79 Å². The fourth-order valence-corrected chi connectivity index (χ4v) is 4.20. The number of halogens is 4. The molecule has 10 heteroatoms. The molecule has 1 aliphatic rings. The summed E-state index contributed by atoms with van der Waals surface area (Å²) in [7, 11) is 2.11. The third kappa shape index (κ3) is 6.98. The molecular formula is C25H25ClF3N5O. The minimum atomic E-state index is -4.44. The Hall–Kier alpha value is -3.06. The molecule has 0 aliphatic carbocycles. The van der Waals surface area contributed by atoms with E-state index in [1.165, 1.54) is 12.3 Å². The first-order valence-electron chi connectivity index (χ1n) is 11.2. The molecule has 1 aromatic carbocycles. The van der Waals surface area contributed by atoms with Gasteiger partial charge in [-0.15, -0.1) is 0 Å². The van der Waals surface area contributed by atoms with Gasteiger partial charge in [0.25, 0.3) is 0 Å². The molecule has 2 aromatic heterocycles. The molecular weight excluding hydrogens is 479 g/mol. The SMILES string of the molecule is CN1CCC(NCc2ccc3c(c2)cc(C#CC(=O)Nc2ccc(Cl)nc2)n3CC(F)(F)F)CC1. The molecule has 0 bridgehead atoms. The largest absolute Gasteiger partial charge is 0.406 e. The number of nitrogens with zero attached hydrogens (tertiary/aromatic N) is 3. The monoisotopic (exact) mass is 503 g/mol. The Morgan fingerprint density at radius 3 is 2.66 bits per heavy atom. The van der Waals surface area contributed by atoms with Crippen molar-refractivity contribution in [3.8, 4) is 11.8 Å². The van der Waals surface area contributed by atoms with E-state index < -0.39 is 18.6 Å². The Morgan fingerprint density at radius 1 is 1.20 bits per heavy atom. The fraction of sp³-hybridized carbons (Fsp3) is 0.360. The number of anilines is 1. The molecule has 1 fully saturated rings. The van der Waals surface area contributed by atoms with Gasteiger partial charge < -0.3 is 20.1 Å². The molecule has 1 saturated heterocycles. The number of piperidine rings is 1. The first-order valence-corrected chi connectivity index (χ1v) is 11.6. The lowest BCUT2D eigenvalue weighted by molar-refractivity contribution is -0.140. The Kier molecular flexibility index (Phi) is 7.65. The molecule has 1 amide bonds. The second-order valence-electron chi connectivity index (χ2n) is 8.66. The molecule has 3 aromatic rings. The summed E-state index contributed by atoms with van der Waals surface area (Å²) < 4.78 is 41.0. The van der Waals surface area contributed by atoms with Gasteiger partial charge in [0.15, 0.2) is 0 Å². The van der Waals surface area contributed by atoms with E-state index in [0.29, 0.717) is 29.2 Å². The predicted octanol–water partition coefficient (Wildman–Crippen LogP) is 4.43. The van der Waals surface area contributed by atoms with Crippen LogP contribution in [0.4, 0.5) is 18.9 Å². The lowest BCUT2D eigenvalue weighted by atomic mass is 10.0. The number of likely N-dealkylation sites (tertiary alicyclic amines) is 1. The second kappa shape index (κ2) is 10.7. The molecule has 0 saturated carbocycles. The molecule has 3 heterocycles. The Balaban J connectivity index is 1.53. The number of nitrogens with one attached hydrogen (secondary N) is 2. The maximum Gasteiger partial charge on any atom is 0.406 e. The molecule has 0 spiro atoms. The van der Waals surface area contributed by atoms with Crippen molar-refractivity contribution < 1.29 is 18.0 Å². The second-order valence-corrected chi connectivity index (χ2v) is 9.04. The number of alkyl halides is 3. The van der Waals surface area contributed by atoms with Gasteiger partial charge >= 0.3 is 12.1 Å². The summed E-state index contributed by atoms with van der Waals surface area (Å²) in [5.74, 6) is 4.30. The molecule has 35 heavy (non-hydrogen) atoms. The maximum absolute atomic E-state index is 13.3. The lowest BCUT2D eigenvalue weighted by Crippen LogP contribution is -2.40. The normalized spacial score (nSPS) is 15.1. The number of carbonyl (C=O) groups excluding carboxylic acids is 1. The highest BCUT2D eigenvalue weighted by Crippen LogP contribution is 2.26. The van der Waals surface area contributed by atoms with Gasteiger partial charge in [-0.05, 0) is 74.8 Å². The Morgan fingerprint density at radius 2 is 1.97 bits per heavy atom. The van der Waals surface area contributed by atoms with E-state index in [9.17, 15) is 18.0 Å². The molecule has 2 N–H and O–H groups in total. The van der Waals surface area contributed by atoms with Crippen molar-refractivity contribution in [3.05, 3.63) is 59.0 Å². The van der Waals surface area contributed by atoms with Crippen LogP contribution in [0.5, 0.6) is 0 Å². The van der Waals surface area contributed by atoms with Crippen molar-refractivity contribution in [3.63, 3.8) is 0 Å². The van der Waals surface area contributed by atoms with Crippen molar-refractivity contribution in [2.24, 2.45) is 0 Å². The van der Waals surface area contributed by atoms with Crippen molar-refractivity contribution in [1.29, 1.82) is 0 Å². The number of rotatable bonds is 5. The van der Waals surface area contributed by atoms with Crippen molar-refractivity contribution in [2.75, 3.05) is 25.5 Å². The third-order valence-corrected chi connectivity index (χ3v) is 6.13. The van der Waals surface area contributed by atoms with Crippen molar-refractivity contribution in [1.82, 2.24) is 19.8 Å². The number of aromatic nitrogens is 2. The van der Waals surface area contributed by atoms with Crippen molar-refractivity contribution >= 4 is 34.1 Å². The number of amides is 1. The van der Waals surface area contributed by atoms with Crippen LogP contribution in [0.15, 0.2) is 42.6 Å². The van der Waals surface area contributed by atoms with E-state index in [1.54, 1.807) is 18.2 Å². The van der Waals surface area contributed by atoms with Gasteiger partial charge in [-0.1, -0.05) is 17.7 Å². The number of fused-ring (bicyclic) bond motifs is 1. The summed E-state index contributed by atoms with van der Waals surface area (Å²) in [6, 6.07) is 10.4. The topological polar surface area (TPSA) is 62.2 Å². The van der Waals surface area contributed by atoms with Crippen LogP contribution < -0.4 is 10.6 Å². The van der Waals surface area contributed by atoms with Crippen molar-refractivity contribution in [2.45, 2.75) is 38.1 Å². The van der Waals surface area contributed by atoms with Crippen LogP contribution >= 0.6 is 11.6 Å². The van der Waals surface area contributed by atoms with E-state index >= 15 is 0 Å². The summed E-state index contributed by atoms with van der Waals surface area (Å²) in [6.45, 7) is 1.52. The van der Waals surface area contributed by atoms with E-state index in [0.717, 1.165) is 36.1 Å². The summed E-state index contributed by atoms with van der Waals surface area (Å²) >= 11 is 5.72. The fourth-order valence-electron chi connectivity index (χ4n) is 4.09. The standard InChI is InChI=1S/C25H25ClF3N5O/c1-33-10-8-19(9-11-33)30-14-17-2-5-22-18(12-17)13-21(34(22)16-25(27,28)29)4-7-24(35)32-20-3-6-23(26)31-15-20/h2-3,5-6,12-13,15,19,30H,8-11,14,16H2,1H3,(H,32,35). The zero-order chi connectivity index (χ0) is 25.0. The van der Waals surface area contributed by atoms with E-state index in [-0.39, 0.29) is 10.8 Å². The molecule has 0 radical (unpaired) electrons. The molecule has 0 atom stereocenters. The number of hydrogen-bond acceptors (Lipinski definition) is 4. The minimum absolute atomic E-state index is 0.113. The van der Waals surface area contributed by atoms with E-state index in [1.807, 2.05) is 12.1 Å². The average Bonchev–Trinajstić information content (AvgIpc) is 3.14. The highest BCUT2D eigenvalue weighted by Gasteiger charge is 2.29. The lowest BCUT2D eigenvalue weighted by Gasteiger charge is -2.29. The summed E-state index contributed by atoms with van der Waals surface area (Å²) in [4.78, 5) is 18.4. The van der Waals surface area contributed by atoms with Crippen LogP contribution in [0.25, 0.3) is 10.9 Å². The average molecular weight is 504 g/mol. The molecule has 184 valence electrons. The summed E-state index contributed by atoms with van der Waals surface area (Å²) in [6.07, 6.45) is -0.944. The molecule has 0 unspecified atom stereocenters. The van der Waals surface area contributed by atoms with Crippen LogP contribution in [0.2, 0.25) is 5.15 Å². The molecule has 4 rings (SSSR count). The summed E-state index contributed by atoms with van der Waals surface area (Å²) in [5.41, 5.74) is 1.89. The van der Waals surface area contributed by atoms with Crippen LogP contribution in [0.1, 0.15) is 24.1 Å². The number of hydrogen-bond donors (Lipinski definition) is 2. The van der Waals surface area contributed by atoms with E-state index in [4.69, 9.17) is 11.6 Å². The van der Waals surface area contributed by atoms with Gasteiger partial charge in [-0.2, -0.15) is 13.2 Å². The first-order chi connectivity index (χ1) is 16.7. The van der Waals surface area contributed by atoms with Crippen LogP contribution in [-0.2, 0) is 17.9 Å². The predicted molar refractivity (Wildman–Crippen MR) is 130 cm³/mol. The smallest absolute Gasteiger partial charge is 0.325 e. The quantitative estimate of drug-likeness (QED) is 0.399. The van der Waals surface area contributed by atoms with Gasteiger partial charge in [0.2, 0.25) is 0 Å². The highest BCUT2D eigenvalue weighted by atomic mass is 35.5. The van der Waals surface area contributed by atoms with Crippen LogP contribution in [0.3, 0.4) is 0 Å². The first kappa shape index (κ1) is 25.0. The number of carbonyl (C=O) groups is 1. The van der Waals surface area contributed by atoms with E-state index in [2.05, 4.69) is 39.4 Å². The number of benzene rings is 1. The van der Waals surface area contributed by atoms with Gasteiger partial charge in [0.1, 0.15) is 11.7 Å². The zero-order valence-electron chi connectivity index (χ0n) is 19.1. The molecule has 6 nitrogen and oxygen atoms in total. The Bertz CT molecular complexity index is 1250. The zero-order valence-corrected chi connectivity index (χ0v) is 19.9. The van der Waals surface area contributed by atoms with Gasteiger partial charge in [0, 0.05) is 29.4 Å². The highest BCUT2D eigenvalue weighted by molar-refractivity contribution is 6.29. The maximum atomic E-state index is 13.3. The Labute approximate surface area is 206 Å². The third-order valence-electron chi connectivity index (χ3n) is 5.91. The molecule has 1 aliphatic heterocycles.